The number of halogens is 2. The average Bonchev–Trinajstić information content (AvgIpc) is 2.44. The van der Waals surface area contributed by atoms with Crippen molar-refractivity contribution in [2.24, 2.45) is 0 Å². The number of nitrogens with zero attached hydrogens (tertiary/aromatic N) is 1. The van der Waals surface area contributed by atoms with E-state index in [9.17, 15) is 8.78 Å². The van der Waals surface area contributed by atoms with Crippen molar-refractivity contribution < 1.29 is 8.78 Å². The molecule has 0 aliphatic carbocycles. The number of rotatable bonds is 5. The number of anilines is 2. The van der Waals surface area contributed by atoms with Crippen LogP contribution in [-0.4, -0.2) is 13.1 Å². The number of hydrogen-bond acceptors (Lipinski definition) is 2. The van der Waals surface area contributed by atoms with Crippen molar-refractivity contribution in [2.75, 3.05) is 11.9 Å². The first-order valence-corrected chi connectivity index (χ1v) is 6.98. The molecule has 0 unspecified atom stereocenters. The zero-order valence-corrected chi connectivity index (χ0v) is 12.5. The van der Waals surface area contributed by atoms with Gasteiger partial charge in [-0.1, -0.05) is 19.9 Å². The first-order chi connectivity index (χ1) is 9.97. The van der Waals surface area contributed by atoms with Crippen LogP contribution in [0.4, 0.5) is 20.2 Å². The molecule has 4 heteroatoms. The minimum Gasteiger partial charge on any atom is -0.344 e. The van der Waals surface area contributed by atoms with E-state index in [1.807, 2.05) is 31.9 Å². The van der Waals surface area contributed by atoms with Crippen LogP contribution in [0, 0.1) is 11.6 Å². The summed E-state index contributed by atoms with van der Waals surface area (Å²) in [6.07, 6.45) is 0. The second-order valence-corrected chi connectivity index (χ2v) is 5.35. The lowest BCUT2D eigenvalue weighted by molar-refractivity contribution is 0.581. The van der Waals surface area contributed by atoms with E-state index < -0.39 is 0 Å². The van der Waals surface area contributed by atoms with Crippen molar-refractivity contribution in [2.45, 2.75) is 26.4 Å². The lowest BCUT2D eigenvalue weighted by Crippen LogP contribution is -2.23. The summed E-state index contributed by atoms with van der Waals surface area (Å²) in [5, 5.41) is 3.28. The molecular formula is C17H20F2N2. The zero-order valence-electron chi connectivity index (χ0n) is 12.5. The summed E-state index contributed by atoms with van der Waals surface area (Å²) in [5.41, 5.74) is 2.43. The Labute approximate surface area is 124 Å². The van der Waals surface area contributed by atoms with Crippen molar-refractivity contribution in [1.29, 1.82) is 0 Å². The third-order valence-electron chi connectivity index (χ3n) is 3.30. The second-order valence-electron chi connectivity index (χ2n) is 5.35. The average molecular weight is 290 g/mol. The SMILES string of the molecule is CC(C)NCc1cc(F)ccc1N(C)c1cccc(F)c1. The highest BCUT2D eigenvalue weighted by molar-refractivity contribution is 5.65. The van der Waals surface area contributed by atoms with Crippen molar-refractivity contribution in [3.8, 4) is 0 Å². The molecule has 2 rings (SSSR count). The van der Waals surface area contributed by atoms with Crippen LogP contribution < -0.4 is 10.2 Å². The zero-order chi connectivity index (χ0) is 15.4. The Bertz CT molecular complexity index is 611. The Kier molecular flexibility index (Phi) is 4.91. The minimum atomic E-state index is -0.289. The molecule has 0 bridgehead atoms. The van der Waals surface area contributed by atoms with E-state index in [4.69, 9.17) is 0 Å². The Morgan fingerprint density at radius 3 is 2.43 bits per heavy atom. The molecular weight excluding hydrogens is 270 g/mol. The van der Waals surface area contributed by atoms with E-state index in [1.165, 1.54) is 24.3 Å². The predicted molar refractivity (Wildman–Crippen MR) is 82.8 cm³/mol. The first kappa shape index (κ1) is 15.4. The van der Waals surface area contributed by atoms with Gasteiger partial charge in [0.15, 0.2) is 0 Å². The maximum absolute atomic E-state index is 13.5. The van der Waals surface area contributed by atoms with Crippen LogP contribution >= 0.6 is 0 Å². The summed E-state index contributed by atoms with van der Waals surface area (Å²) >= 11 is 0. The smallest absolute Gasteiger partial charge is 0.125 e. The highest BCUT2D eigenvalue weighted by atomic mass is 19.1. The Balaban J connectivity index is 2.33. The van der Waals surface area contributed by atoms with Crippen molar-refractivity contribution in [3.05, 3.63) is 59.7 Å². The largest absolute Gasteiger partial charge is 0.344 e. The molecule has 1 N–H and O–H groups in total. The fourth-order valence-electron chi connectivity index (χ4n) is 2.16. The van der Waals surface area contributed by atoms with Crippen LogP contribution in [0.2, 0.25) is 0 Å². The van der Waals surface area contributed by atoms with Crippen LogP contribution in [0.25, 0.3) is 0 Å². The molecule has 0 saturated carbocycles. The van der Waals surface area contributed by atoms with E-state index in [0.29, 0.717) is 12.6 Å². The van der Waals surface area contributed by atoms with E-state index >= 15 is 0 Å². The maximum Gasteiger partial charge on any atom is 0.125 e. The Morgan fingerprint density at radius 2 is 1.76 bits per heavy atom. The van der Waals surface area contributed by atoms with Crippen molar-refractivity contribution >= 4 is 11.4 Å². The fraction of sp³-hybridized carbons (Fsp3) is 0.294. The molecule has 0 amide bonds. The van der Waals surface area contributed by atoms with Gasteiger partial charge in [-0.2, -0.15) is 0 Å². The molecule has 2 aromatic carbocycles. The summed E-state index contributed by atoms with van der Waals surface area (Å²) in [4.78, 5) is 1.86. The molecule has 0 fully saturated rings. The van der Waals surface area contributed by atoms with E-state index in [2.05, 4.69) is 5.32 Å². The van der Waals surface area contributed by atoms with Crippen LogP contribution in [0.15, 0.2) is 42.5 Å². The van der Waals surface area contributed by atoms with Gasteiger partial charge in [0.1, 0.15) is 11.6 Å². The summed E-state index contributed by atoms with van der Waals surface area (Å²) in [6, 6.07) is 11.3. The molecule has 0 atom stereocenters. The van der Waals surface area contributed by atoms with Gasteiger partial charge in [-0.05, 0) is 42.0 Å². The van der Waals surface area contributed by atoms with Crippen molar-refractivity contribution in [1.82, 2.24) is 5.32 Å². The highest BCUT2D eigenvalue weighted by Gasteiger charge is 2.11. The van der Waals surface area contributed by atoms with Gasteiger partial charge in [0.2, 0.25) is 0 Å². The second kappa shape index (κ2) is 6.68. The molecule has 0 aliphatic rings. The quantitative estimate of drug-likeness (QED) is 0.886. The van der Waals surface area contributed by atoms with Crippen LogP contribution in [-0.2, 0) is 6.54 Å². The standard InChI is InChI=1S/C17H20F2N2/c1-12(2)20-11-13-9-15(19)7-8-17(13)21(3)16-6-4-5-14(18)10-16/h4-10,12,20H,11H2,1-3H3. The molecule has 0 spiro atoms. The number of hydrogen-bond donors (Lipinski definition) is 1. The highest BCUT2D eigenvalue weighted by Crippen LogP contribution is 2.28. The van der Waals surface area contributed by atoms with Gasteiger partial charge in [0.25, 0.3) is 0 Å². The van der Waals surface area contributed by atoms with E-state index in [0.717, 1.165) is 16.9 Å². The molecule has 2 nitrogen and oxygen atoms in total. The van der Waals surface area contributed by atoms with Crippen molar-refractivity contribution in [3.63, 3.8) is 0 Å². The first-order valence-electron chi connectivity index (χ1n) is 6.98. The molecule has 2 aromatic rings. The number of benzene rings is 2. The molecule has 21 heavy (non-hydrogen) atoms. The third-order valence-corrected chi connectivity index (χ3v) is 3.30. The lowest BCUT2D eigenvalue weighted by atomic mass is 10.1. The molecule has 0 saturated heterocycles. The summed E-state index contributed by atoms with van der Waals surface area (Å²) in [7, 11) is 1.85. The maximum atomic E-state index is 13.5. The summed E-state index contributed by atoms with van der Waals surface area (Å²) in [6.45, 7) is 4.63. The number of nitrogens with one attached hydrogen (secondary N) is 1. The monoisotopic (exact) mass is 290 g/mol. The van der Waals surface area contributed by atoms with E-state index in [1.54, 1.807) is 12.1 Å². The van der Waals surface area contributed by atoms with Crippen LogP contribution in [0.3, 0.4) is 0 Å². The topological polar surface area (TPSA) is 15.3 Å². The summed E-state index contributed by atoms with van der Waals surface area (Å²) < 4.78 is 26.9. The Morgan fingerprint density at radius 1 is 1.05 bits per heavy atom. The molecule has 0 heterocycles. The van der Waals surface area contributed by atoms with Gasteiger partial charge in [-0.3, -0.25) is 0 Å². The van der Waals surface area contributed by atoms with Gasteiger partial charge in [0, 0.05) is 31.0 Å². The van der Waals surface area contributed by atoms with Gasteiger partial charge < -0.3 is 10.2 Å². The molecule has 0 radical (unpaired) electrons. The molecule has 112 valence electrons. The molecule has 0 aliphatic heterocycles. The minimum absolute atomic E-state index is 0.271. The van der Waals surface area contributed by atoms with Gasteiger partial charge in [-0.25, -0.2) is 8.78 Å². The van der Waals surface area contributed by atoms with Crippen LogP contribution in [0.5, 0.6) is 0 Å². The van der Waals surface area contributed by atoms with Crippen LogP contribution in [0.1, 0.15) is 19.4 Å². The Hall–Kier alpha value is -1.94. The summed E-state index contributed by atoms with van der Waals surface area (Å²) in [5.74, 6) is -0.560. The third kappa shape index (κ3) is 4.02. The lowest BCUT2D eigenvalue weighted by Gasteiger charge is -2.23. The normalized spacial score (nSPS) is 11.0. The molecule has 0 aromatic heterocycles. The fourth-order valence-corrected chi connectivity index (χ4v) is 2.16. The van der Waals surface area contributed by atoms with Gasteiger partial charge in [0.05, 0.1) is 0 Å². The van der Waals surface area contributed by atoms with E-state index in [-0.39, 0.29) is 11.6 Å². The van der Waals surface area contributed by atoms with Gasteiger partial charge in [-0.15, -0.1) is 0 Å². The predicted octanol–water partition coefficient (Wildman–Crippen LogP) is 4.23. The van der Waals surface area contributed by atoms with Gasteiger partial charge >= 0.3 is 0 Å².